The van der Waals surface area contributed by atoms with Crippen molar-refractivity contribution >= 4 is 34.4 Å². The molecule has 210 valence electrons. The van der Waals surface area contributed by atoms with E-state index in [9.17, 15) is 0 Å². The predicted octanol–water partition coefficient (Wildman–Crippen LogP) is 7.11. The lowest BCUT2D eigenvalue weighted by atomic mass is 10.0. The average molecular weight is 541 g/mol. The third-order valence-electron chi connectivity index (χ3n) is 7.37. The van der Waals surface area contributed by atoms with E-state index in [2.05, 4.69) is 69.0 Å². The van der Waals surface area contributed by atoms with Crippen LogP contribution < -0.4 is 10.3 Å². The van der Waals surface area contributed by atoms with Gasteiger partial charge in [0.1, 0.15) is 23.4 Å². The predicted molar refractivity (Wildman–Crippen MR) is 161 cm³/mol. The van der Waals surface area contributed by atoms with Crippen LogP contribution in [0.4, 0.5) is 0 Å². The summed E-state index contributed by atoms with van der Waals surface area (Å²) >= 11 is 0. The Kier molecular flexibility index (Phi) is 9.80. The highest BCUT2D eigenvalue weighted by atomic mass is 16.4. The molecule has 0 unspecified atom stereocenters. The van der Waals surface area contributed by atoms with E-state index in [1.54, 1.807) is 0 Å². The van der Waals surface area contributed by atoms with Crippen LogP contribution >= 0.6 is 0 Å². The molecule has 0 bridgehead atoms. The molecule has 3 heterocycles. The van der Waals surface area contributed by atoms with E-state index in [0.29, 0.717) is 11.8 Å². The van der Waals surface area contributed by atoms with Crippen molar-refractivity contribution in [2.24, 2.45) is 5.73 Å². The van der Waals surface area contributed by atoms with Crippen molar-refractivity contribution in [3.05, 3.63) is 78.0 Å². The van der Waals surface area contributed by atoms with Crippen LogP contribution in [-0.2, 0) is 25.9 Å². The molecule has 7 nitrogen and oxygen atoms in total. The molecule has 0 aliphatic heterocycles. The molecular formula is C33H42N5O2+. The highest BCUT2D eigenvalue weighted by Gasteiger charge is 2.09. The van der Waals surface area contributed by atoms with Gasteiger partial charge < -0.3 is 14.6 Å². The summed E-state index contributed by atoms with van der Waals surface area (Å²) in [6.07, 6.45) is 22.0. The summed E-state index contributed by atoms with van der Waals surface area (Å²) in [7, 11) is 0. The number of fused-ring (bicyclic) bond motifs is 2. The summed E-state index contributed by atoms with van der Waals surface area (Å²) in [5.74, 6) is 1.11. The fraction of sp³-hybridized carbons (Fsp3) is 0.424. The highest BCUT2D eigenvalue weighted by Crippen LogP contribution is 2.22. The van der Waals surface area contributed by atoms with Crippen molar-refractivity contribution < 1.29 is 13.4 Å². The summed E-state index contributed by atoms with van der Waals surface area (Å²) in [5.41, 5.74) is 11.6. The number of nitrogens with zero attached hydrogens (tertiary/aromatic N) is 4. The Morgan fingerprint density at radius 2 is 1.43 bits per heavy atom. The Labute approximate surface area is 236 Å². The number of hydrogen-bond acceptors (Lipinski definition) is 5. The SMILES string of the molecule is CCCCCCCCc1ccc2oc(/C=C/c3nc4cc(CCC[n+]5ccn(CCCN)c5)ccc4o3)nc2c1. The van der Waals surface area contributed by atoms with E-state index < -0.39 is 0 Å². The Bertz CT molecular complexity index is 1530. The molecule has 0 aliphatic rings. The van der Waals surface area contributed by atoms with Crippen LogP contribution in [0.1, 0.15) is 81.2 Å². The molecule has 2 N–H and O–H groups in total. The number of oxazole rings is 2. The van der Waals surface area contributed by atoms with Crippen molar-refractivity contribution in [3.8, 4) is 0 Å². The molecule has 0 amide bonds. The fourth-order valence-corrected chi connectivity index (χ4v) is 5.13. The number of nitrogens with two attached hydrogens (primary N) is 1. The van der Waals surface area contributed by atoms with Gasteiger partial charge in [-0.2, -0.15) is 0 Å². The van der Waals surface area contributed by atoms with E-state index in [-0.39, 0.29) is 0 Å². The second kappa shape index (κ2) is 14.1. The van der Waals surface area contributed by atoms with Crippen molar-refractivity contribution in [3.63, 3.8) is 0 Å². The van der Waals surface area contributed by atoms with Crippen LogP contribution in [0.2, 0.25) is 0 Å². The number of benzene rings is 2. The maximum atomic E-state index is 5.94. The third-order valence-corrected chi connectivity index (χ3v) is 7.37. The lowest BCUT2D eigenvalue weighted by Gasteiger charge is -2.01. The zero-order valence-electron chi connectivity index (χ0n) is 23.7. The number of aromatic nitrogens is 4. The number of imidazole rings is 1. The summed E-state index contributed by atoms with van der Waals surface area (Å²) in [6.45, 7) is 4.92. The zero-order chi connectivity index (χ0) is 27.6. The van der Waals surface area contributed by atoms with Gasteiger partial charge in [-0.1, -0.05) is 51.2 Å². The summed E-state index contributed by atoms with van der Waals surface area (Å²) in [4.78, 5) is 9.34. The first-order valence-electron chi connectivity index (χ1n) is 14.9. The topological polar surface area (TPSA) is 86.9 Å². The van der Waals surface area contributed by atoms with Crippen LogP contribution in [0.15, 0.2) is 64.0 Å². The molecule has 0 saturated heterocycles. The van der Waals surface area contributed by atoms with Crippen LogP contribution in [0, 0.1) is 0 Å². The lowest BCUT2D eigenvalue weighted by molar-refractivity contribution is -0.696. The Morgan fingerprint density at radius 1 is 0.800 bits per heavy atom. The van der Waals surface area contributed by atoms with Gasteiger partial charge in [-0.25, -0.2) is 19.1 Å². The number of hydrogen-bond donors (Lipinski definition) is 1. The molecule has 0 saturated carbocycles. The summed E-state index contributed by atoms with van der Waals surface area (Å²) in [6, 6.07) is 12.6. The first kappa shape index (κ1) is 27.8. The third kappa shape index (κ3) is 7.69. The molecule has 0 radical (unpaired) electrons. The quantitative estimate of drug-likeness (QED) is 0.106. The minimum absolute atomic E-state index is 0.549. The molecule has 0 aliphatic carbocycles. The van der Waals surface area contributed by atoms with Gasteiger partial charge in [-0.05, 0) is 74.0 Å². The van der Waals surface area contributed by atoms with Gasteiger partial charge in [0, 0.05) is 12.2 Å². The van der Waals surface area contributed by atoms with Gasteiger partial charge in [0.2, 0.25) is 18.1 Å². The van der Waals surface area contributed by atoms with E-state index >= 15 is 0 Å². The monoisotopic (exact) mass is 540 g/mol. The van der Waals surface area contributed by atoms with Gasteiger partial charge in [0.05, 0.1) is 13.1 Å². The van der Waals surface area contributed by atoms with Crippen LogP contribution in [0.3, 0.4) is 0 Å². The van der Waals surface area contributed by atoms with Gasteiger partial charge in [0.15, 0.2) is 11.2 Å². The minimum Gasteiger partial charge on any atom is -0.437 e. The van der Waals surface area contributed by atoms with Crippen LogP contribution in [0.5, 0.6) is 0 Å². The number of unbranched alkanes of at least 4 members (excludes halogenated alkanes) is 5. The second-order valence-corrected chi connectivity index (χ2v) is 10.7. The largest absolute Gasteiger partial charge is 0.437 e. The van der Waals surface area contributed by atoms with Crippen molar-refractivity contribution in [1.29, 1.82) is 0 Å². The molecule has 3 aromatic heterocycles. The molecule has 5 rings (SSSR count). The Balaban J connectivity index is 1.14. The molecule has 0 fully saturated rings. The van der Waals surface area contributed by atoms with Crippen molar-refractivity contribution in [1.82, 2.24) is 14.5 Å². The molecule has 5 aromatic rings. The lowest BCUT2D eigenvalue weighted by Crippen LogP contribution is -2.31. The van der Waals surface area contributed by atoms with Crippen molar-refractivity contribution in [2.45, 2.75) is 84.2 Å². The number of aryl methyl sites for hydroxylation is 4. The van der Waals surface area contributed by atoms with Gasteiger partial charge in [0.25, 0.3) is 0 Å². The molecule has 40 heavy (non-hydrogen) atoms. The van der Waals surface area contributed by atoms with E-state index in [4.69, 9.17) is 14.6 Å². The van der Waals surface area contributed by atoms with Crippen LogP contribution in [-0.4, -0.2) is 21.1 Å². The normalized spacial score (nSPS) is 11.9. The standard InChI is InChI=1S/C33H42N5O2/c1-2-3-4-5-6-7-10-26-12-14-30-28(23-26)35-32(39-30)16-17-33-36-29-24-27(13-15-31(29)40-33)11-8-19-37-21-22-38(25-37)20-9-18-34/h12-17,21-25H,2-11,18-20,34H2,1H3/q+1/b17-16+. The van der Waals surface area contributed by atoms with Crippen LogP contribution in [0.25, 0.3) is 34.4 Å². The van der Waals surface area contributed by atoms with E-state index in [1.165, 1.54) is 49.7 Å². The van der Waals surface area contributed by atoms with E-state index in [0.717, 1.165) is 67.5 Å². The van der Waals surface area contributed by atoms with Gasteiger partial charge in [-0.15, -0.1) is 0 Å². The molecule has 0 spiro atoms. The highest BCUT2D eigenvalue weighted by molar-refractivity contribution is 5.78. The maximum Gasteiger partial charge on any atom is 0.243 e. The maximum absolute atomic E-state index is 5.94. The molecule has 7 heteroatoms. The Morgan fingerprint density at radius 3 is 2.08 bits per heavy atom. The molecule has 2 aromatic carbocycles. The van der Waals surface area contributed by atoms with Gasteiger partial charge >= 0.3 is 0 Å². The second-order valence-electron chi connectivity index (χ2n) is 10.7. The minimum atomic E-state index is 0.549. The zero-order valence-corrected chi connectivity index (χ0v) is 23.7. The first-order valence-corrected chi connectivity index (χ1v) is 14.9. The number of rotatable bonds is 16. The summed E-state index contributed by atoms with van der Waals surface area (Å²) < 4.78 is 16.3. The molecule has 0 atom stereocenters. The first-order chi connectivity index (χ1) is 19.7. The average Bonchev–Trinajstić information content (AvgIpc) is 3.70. The van der Waals surface area contributed by atoms with Crippen molar-refractivity contribution in [2.75, 3.05) is 6.54 Å². The smallest absolute Gasteiger partial charge is 0.243 e. The van der Waals surface area contributed by atoms with E-state index in [1.807, 2.05) is 24.3 Å². The Hall–Kier alpha value is -3.71. The molecular weight excluding hydrogens is 498 g/mol. The van der Waals surface area contributed by atoms with Gasteiger partial charge in [-0.3, -0.25) is 0 Å². The fourth-order valence-electron chi connectivity index (χ4n) is 5.13. The summed E-state index contributed by atoms with van der Waals surface area (Å²) in [5, 5.41) is 0.